The van der Waals surface area contributed by atoms with E-state index < -0.39 is 15.8 Å². The Morgan fingerprint density at radius 2 is 2.00 bits per heavy atom. The van der Waals surface area contributed by atoms with Gasteiger partial charge in [0, 0.05) is 26.2 Å². The Morgan fingerprint density at radius 1 is 1.38 bits per heavy atom. The molecule has 0 unspecified atom stereocenters. The van der Waals surface area contributed by atoms with Crippen molar-refractivity contribution in [2.75, 3.05) is 13.6 Å². The van der Waals surface area contributed by atoms with Crippen LogP contribution < -0.4 is 5.32 Å². The quantitative estimate of drug-likeness (QED) is 0.832. The van der Waals surface area contributed by atoms with Crippen molar-refractivity contribution in [1.82, 2.24) is 9.62 Å². The highest BCUT2D eigenvalue weighted by Gasteiger charge is 2.23. The van der Waals surface area contributed by atoms with Gasteiger partial charge in [0.1, 0.15) is 5.82 Å². The van der Waals surface area contributed by atoms with Crippen molar-refractivity contribution in [1.29, 1.82) is 0 Å². The summed E-state index contributed by atoms with van der Waals surface area (Å²) in [5.74, 6) is -0.719. The first-order chi connectivity index (χ1) is 9.70. The van der Waals surface area contributed by atoms with E-state index in [0.29, 0.717) is 25.1 Å². The van der Waals surface area contributed by atoms with Crippen LogP contribution in [0.5, 0.6) is 0 Å². The molecule has 0 aliphatic rings. The number of halogens is 2. The number of sulfonamides is 1. The Morgan fingerprint density at radius 3 is 2.52 bits per heavy atom. The average Bonchev–Trinajstić information content (AvgIpc) is 2.40. The second-order valence-electron chi connectivity index (χ2n) is 5.24. The highest BCUT2D eigenvalue weighted by Crippen LogP contribution is 2.26. The molecule has 1 aromatic rings. The summed E-state index contributed by atoms with van der Waals surface area (Å²) in [7, 11) is -2.21. The van der Waals surface area contributed by atoms with Crippen LogP contribution in [0, 0.1) is 5.82 Å². The lowest BCUT2D eigenvalue weighted by Gasteiger charge is -2.18. The molecule has 0 saturated carbocycles. The van der Waals surface area contributed by atoms with Crippen LogP contribution in [0.2, 0.25) is 5.02 Å². The van der Waals surface area contributed by atoms with E-state index in [1.54, 1.807) is 0 Å². The van der Waals surface area contributed by atoms with Crippen LogP contribution in [0.4, 0.5) is 4.39 Å². The van der Waals surface area contributed by atoms with Crippen molar-refractivity contribution in [3.63, 3.8) is 0 Å². The molecule has 4 nitrogen and oxygen atoms in total. The molecule has 0 bridgehead atoms. The largest absolute Gasteiger partial charge is 0.310 e. The smallest absolute Gasteiger partial charge is 0.242 e. The normalized spacial score (nSPS) is 12.4. The highest BCUT2D eigenvalue weighted by atomic mass is 35.5. The van der Waals surface area contributed by atoms with E-state index in [9.17, 15) is 12.8 Å². The van der Waals surface area contributed by atoms with Gasteiger partial charge in [0.2, 0.25) is 10.0 Å². The van der Waals surface area contributed by atoms with Crippen molar-refractivity contribution in [2.45, 2.75) is 44.7 Å². The Kier molecular flexibility index (Phi) is 6.59. The number of nitrogens with one attached hydrogen (secondary N) is 1. The molecule has 0 radical (unpaired) electrons. The molecular weight excluding hydrogens is 315 g/mol. The Hall–Kier alpha value is -0.690. The topological polar surface area (TPSA) is 49.4 Å². The van der Waals surface area contributed by atoms with Crippen molar-refractivity contribution in [2.24, 2.45) is 0 Å². The zero-order chi connectivity index (χ0) is 16.2. The molecule has 0 aliphatic carbocycles. The second kappa shape index (κ2) is 7.54. The van der Waals surface area contributed by atoms with Crippen LogP contribution in [0.1, 0.15) is 32.8 Å². The molecule has 1 aromatic carbocycles. The Balaban J connectivity index is 3.20. The van der Waals surface area contributed by atoms with E-state index in [2.05, 4.69) is 5.32 Å². The van der Waals surface area contributed by atoms with Gasteiger partial charge in [-0.15, -0.1) is 0 Å². The average molecular weight is 337 g/mol. The summed E-state index contributed by atoms with van der Waals surface area (Å²) in [5.41, 5.74) is 0.439. The Bertz CT molecular complexity index is 591. The fourth-order valence-corrected chi connectivity index (χ4v) is 3.33. The molecule has 0 aromatic heterocycles. The minimum Gasteiger partial charge on any atom is -0.310 e. The fourth-order valence-electron chi connectivity index (χ4n) is 1.83. The molecule has 0 amide bonds. The summed E-state index contributed by atoms with van der Waals surface area (Å²) in [6.45, 7) is 6.46. The number of hydrogen-bond acceptors (Lipinski definition) is 3. The Labute approximate surface area is 131 Å². The van der Waals surface area contributed by atoms with Gasteiger partial charge in [-0.2, -0.15) is 0 Å². The van der Waals surface area contributed by atoms with Crippen molar-refractivity contribution >= 4 is 21.6 Å². The van der Waals surface area contributed by atoms with Gasteiger partial charge in [0.25, 0.3) is 0 Å². The third-order valence-electron chi connectivity index (χ3n) is 3.02. The van der Waals surface area contributed by atoms with Gasteiger partial charge in [0.05, 0.1) is 9.92 Å². The standard InChI is InChI=1S/C14H22ClFN2O2S/c1-5-6-18(4)21(19,20)12-7-11(9-17-10(2)3)14(15)13(16)8-12/h7-8,10,17H,5-6,9H2,1-4H3. The SMILES string of the molecule is CCCN(C)S(=O)(=O)c1cc(F)c(Cl)c(CNC(C)C)c1. The van der Waals surface area contributed by atoms with E-state index in [4.69, 9.17) is 11.6 Å². The summed E-state index contributed by atoms with van der Waals surface area (Å²) >= 11 is 5.92. The predicted octanol–water partition coefficient (Wildman–Crippen LogP) is 3.01. The second-order valence-corrected chi connectivity index (χ2v) is 7.66. The molecule has 0 saturated heterocycles. The highest BCUT2D eigenvalue weighted by molar-refractivity contribution is 7.89. The van der Waals surface area contributed by atoms with Gasteiger partial charge in [-0.3, -0.25) is 0 Å². The fraction of sp³-hybridized carbons (Fsp3) is 0.571. The van der Waals surface area contributed by atoms with Crippen LogP contribution in [0.25, 0.3) is 0 Å². The summed E-state index contributed by atoms with van der Waals surface area (Å²) in [5, 5.41) is 3.06. The lowest BCUT2D eigenvalue weighted by Crippen LogP contribution is -2.28. The zero-order valence-electron chi connectivity index (χ0n) is 12.8. The maximum absolute atomic E-state index is 13.9. The summed E-state index contributed by atoms with van der Waals surface area (Å²) in [6.07, 6.45) is 0.688. The third kappa shape index (κ3) is 4.64. The van der Waals surface area contributed by atoms with Crippen molar-refractivity contribution in [3.05, 3.63) is 28.5 Å². The molecule has 21 heavy (non-hydrogen) atoms. The zero-order valence-corrected chi connectivity index (χ0v) is 14.4. The maximum atomic E-state index is 13.9. The molecule has 0 spiro atoms. The van der Waals surface area contributed by atoms with Crippen LogP contribution in [-0.4, -0.2) is 32.4 Å². The van der Waals surface area contributed by atoms with Crippen molar-refractivity contribution < 1.29 is 12.8 Å². The lowest BCUT2D eigenvalue weighted by atomic mass is 10.2. The first-order valence-electron chi connectivity index (χ1n) is 6.87. The van der Waals surface area contributed by atoms with Gasteiger partial charge in [-0.05, 0) is 24.1 Å². The van der Waals surface area contributed by atoms with Gasteiger partial charge in [0.15, 0.2) is 0 Å². The number of hydrogen-bond donors (Lipinski definition) is 1. The maximum Gasteiger partial charge on any atom is 0.242 e. The number of nitrogens with zero attached hydrogens (tertiary/aromatic N) is 1. The van der Waals surface area contributed by atoms with Gasteiger partial charge < -0.3 is 5.32 Å². The van der Waals surface area contributed by atoms with Crippen LogP contribution >= 0.6 is 11.6 Å². The molecule has 0 fully saturated rings. The first kappa shape index (κ1) is 18.4. The van der Waals surface area contributed by atoms with Crippen LogP contribution in [0.15, 0.2) is 17.0 Å². The van der Waals surface area contributed by atoms with Gasteiger partial charge >= 0.3 is 0 Å². The minimum atomic E-state index is -3.69. The summed E-state index contributed by atoms with van der Waals surface area (Å²) < 4.78 is 39.9. The third-order valence-corrected chi connectivity index (χ3v) is 5.28. The van der Waals surface area contributed by atoms with E-state index in [0.717, 1.165) is 6.07 Å². The van der Waals surface area contributed by atoms with E-state index in [1.165, 1.54) is 17.4 Å². The van der Waals surface area contributed by atoms with Gasteiger partial charge in [-0.1, -0.05) is 32.4 Å². The molecule has 1 rings (SSSR count). The van der Waals surface area contributed by atoms with Gasteiger partial charge in [-0.25, -0.2) is 17.1 Å². The number of benzene rings is 1. The molecule has 0 heterocycles. The van der Waals surface area contributed by atoms with Crippen molar-refractivity contribution in [3.8, 4) is 0 Å². The lowest BCUT2D eigenvalue weighted by molar-refractivity contribution is 0.467. The first-order valence-corrected chi connectivity index (χ1v) is 8.69. The van der Waals surface area contributed by atoms with E-state index in [1.807, 2.05) is 20.8 Å². The summed E-state index contributed by atoms with van der Waals surface area (Å²) in [6, 6.07) is 2.59. The monoisotopic (exact) mass is 336 g/mol. The summed E-state index contributed by atoms with van der Waals surface area (Å²) in [4.78, 5) is -0.0686. The van der Waals surface area contributed by atoms with Crippen LogP contribution in [-0.2, 0) is 16.6 Å². The van der Waals surface area contributed by atoms with E-state index >= 15 is 0 Å². The van der Waals surface area contributed by atoms with E-state index in [-0.39, 0.29) is 16.0 Å². The molecule has 7 heteroatoms. The molecular formula is C14H22ClFN2O2S. The minimum absolute atomic E-state index is 0.0414. The molecule has 0 atom stereocenters. The molecule has 0 aliphatic heterocycles. The number of rotatable bonds is 7. The predicted molar refractivity (Wildman–Crippen MR) is 83.5 cm³/mol. The molecule has 1 N–H and O–H groups in total. The van der Waals surface area contributed by atoms with Crippen LogP contribution in [0.3, 0.4) is 0 Å². The molecule has 120 valence electrons.